The van der Waals surface area contributed by atoms with Crippen molar-refractivity contribution in [2.75, 3.05) is 11.9 Å². The van der Waals surface area contributed by atoms with Gasteiger partial charge in [0.2, 0.25) is 3.79 Å². The van der Waals surface area contributed by atoms with Gasteiger partial charge in [-0.1, -0.05) is 46.9 Å². The highest BCUT2D eigenvalue weighted by atomic mass is 35.6. The normalized spacial score (nSPS) is 12.5. The molecule has 0 heterocycles. The van der Waals surface area contributed by atoms with Crippen LogP contribution in [0.2, 0.25) is 0 Å². The van der Waals surface area contributed by atoms with Crippen LogP contribution in [0.3, 0.4) is 0 Å². The van der Waals surface area contributed by atoms with Gasteiger partial charge in [0.15, 0.2) is 0 Å². The number of hydrogen-bond acceptors (Lipinski definition) is 3. The van der Waals surface area contributed by atoms with Crippen molar-refractivity contribution in [3.63, 3.8) is 0 Å². The molecule has 2 rings (SSSR count). The SMILES string of the molecule is CCOc1ccc(CNc2ccc(OC(C)C(Cl)(Cl)Cl)cc2)cc1. The number of nitrogens with one attached hydrogen (secondary N) is 1. The Balaban J connectivity index is 1.87. The minimum absolute atomic E-state index is 0.537. The third-order valence-electron chi connectivity index (χ3n) is 3.36. The van der Waals surface area contributed by atoms with Gasteiger partial charge >= 0.3 is 0 Å². The third kappa shape index (κ3) is 5.97. The minimum atomic E-state index is -1.45. The highest BCUT2D eigenvalue weighted by Crippen LogP contribution is 2.33. The first-order chi connectivity index (χ1) is 11.4. The van der Waals surface area contributed by atoms with E-state index in [4.69, 9.17) is 44.3 Å². The summed E-state index contributed by atoms with van der Waals surface area (Å²) >= 11 is 17.4. The molecule has 0 spiro atoms. The van der Waals surface area contributed by atoms with Crippen LogP contribution < -0.4 is 14.8 Å². The Hall–Kier alpha value is -1.29. The summed E-state index contributed by atoms with van der Waals surface area (Å²) in [7, 11) is 0. The van der Waals surface area contributed by atoms with E-state index in [0.29, 0.717) is 12.4 Å². The molecule has 1 atom stereocenters. The van der Waals surface area contributed by atoms with Crippen LogP contribution in [0.4, 0.5) is 5.69 Å². The fraction of sp³-hybridized carbons (Fsp3) is 0.333. The number of ether oxygens (including phenoxy) is 2. The van der Waals surface area contributed by atoms with Crippen molar-refractivity contribution in [2.45, 2.75) is 30.3 Å². The van der Waals surface area contributed by atoms with Gasteiger partial charge in [-0.2, -0.15) is 0 Å². The molecule has 1 unspecified atom stereocenters. The molecule has 0 aliphatic carbocycles. The Labute approximate surface area is 157 Å². The number of alkyl halides is 3. The Morgan fingerprint density at radius 2 is 1.54 bits per heavy atom. The lowest BCUT2D eigenvalue weighted by atomic mass is 10.2. The average Bonchev–Trinajstić information content (AvgIpc) is 2.55. The lowest BCUT2D eigenvalue weighted by molar-refractivity contribution is 0.226. The van der Waals surface area contributed by atoms with E-state index >= 15 is 0 Å². The van der Waals surface area contributed by atoms with E-state index in [1.807, 2.05) is 55.5 Å². The minimum Gasteiger partial charge on any atom is -0.494 e. The molecular weight excluding hydrogens is 369 g/mol. The maximum Gasteiger partial charge on any atom is 0.226 e. The van der Waals surface area contributed by atoms with Crippen LogP contribution in [0, 0.1) is 0 Å². The second-order valence-electron chi connectivity index (χ2n) is 5.26. The quantitative estimate of drug-likeness (QED) is 0.605. The van der Waals surface area contributed by atoms with Gasteiger partial charge in [-0.3, -0.25) is 0 Å². The van der Waals surface area contributed by atoms with Crippen molar-refractivity contribution in [3.8, 4) is 11.5 Å². The van der Waals surface area contributed by atoms with Crippen LogP contribution in [0.1, 0.15) is 19.4 Å². The summed E-state index contributed by atoms with van der Waals surface area (Å²) in [6.45, 7) is 5.07. The Kier molecular flexibility index (Phi) is 6.90. The van der Waals surface area contributed by atoms with Crippen molar-refractivity contribution in [3.05, 3.63) is 54.1 Å². The van der Waals surface area contributed by atoms with Crippen molar-refractivity contribution >= 4 is 40.5 Å². The lowest BCUT2D eigenvalue weighted by Crippen LogP contribution is -2.28. The van der Waals surface area contributed by atoms with E-state index in [1.165, 1.54) is 5.56 Å². The molecule has 2 aromatic rings. The van der Waals surface area contributed by atoms with Crippen molar-refractivity contribution < 1.29 is 9.47 Å². The van der Waals surface area contributed by atoms with Crippen molar-refractivity contribution in [1.82, 2.24) is 0 Å². The second kappa shape index (κ2) is 8.70. The number of benzene rings is 2. The smallest absolute Gasteiger partial charge is 0.226 e. The van der Waals surface area contributed by atoms with Gasteiger partial charge in [-0.25, -0.2) is 0 Å². The predicted molar refractivity (Wildman–Crippen MR) is 102 cm³/mol. The van der Waals surface area contributed by atoms with E-state index in [0.717, 1.165) is 18.0 Å². The van der Waals surface area contributed by atoms with Crippen molar-refractivity contribution in [1.29, 1.82) is 0 Å². The van der Waals surface area contributed by atoms with Crippen LogP contribution in [-0.4, -0.2) is 16.5 Å². The van der Waals surface area contributed by atoms with Crippen LogP contribution >= 0.6 is 34.8 Å². The maximum atomic E-state index is 5.80. The Morgan fingerprint density at radius 1 is 0.958 bits per heavy atom. The number of hydrogen-bond donors (Lipinski definition) is 1. The molecule has 0 aliphatic rings. The molecule has 0 fully saturated rings. The molecule has 2 aromatic carbocycles. The van der Waals surface area contributed by atoms with Crippen molar-refractivity contribution in [2.24, 2.45) is 0 Å². The Bertz CT molecular complexity index is 624. The molecular formula is C18H20Cl3NO2. The predicted octanol–water partition coefficient (Wildman–Crippen LogP) is 5.83. The molecule has 6 heteroatoms. The third-order valence-corrected chi connectivity index (χ3v) is 4.28. The fourth-order valence-electron chi connectivity index (χ4n) is 2.00. The van der Waals surface area contributed by atoms with Crippen LogP contribution in [-0.2, 0) is 6.54 Å². The summed E-state index contributed by atoms with van der Waals surface area (Å²) in [5.41, 5.74) is 2.15. The monoisotopic (exact) mass is 387 g/mol. The maximum absolute atomic E-state index is 5.80. The molecule has 0 amide bonds. The van der Waals surface area contributed by atoms with E-state index in [1.54, 1.807) is 6.92 Å². The summed E-state index contributed by atoms with van der Waals surface area (Å²) in [4.78, 5) is 0. The van der Waals surface area contributed by atoms with Gasteiger partial charge < -0.3 is 14.8 Å². The highest BCUT2D eigenvalue weighted by molar-refractivity contribution is 6.68. The summed E-state index contributed by atoms with van der Waals surface area (Å²) in [6, 6.07) is 15.5. The fourth-order valence-corrected chi connectivity index (χ4v) is 2.13. The lowest BCUT2D eigenvalue weighted by Gasteiger charge is -2.21. The molecule has 24 heavy (non-hydrogen) atoms. The number of halogens is 3. The average molecular weight is 389 g/mol. The van der Waals surface area contributed by atoms with Gasteiger partial charge in [-0.05, 0) is 55.8 Å². The zero-order chi connectivity index (χ0) is 17.6. The van der Waals surface area contributed by atoms with E-state index in [2.05, 4.69) is 5.32 Å². The summed E-state index contributed by atoms with van der Waals surface area (Å²) < 4.78 is 9.57. The van der Waals surface area contributed by atoms with Crippen LogP contribution in [0.25, 0.3) is 0 Å². The Morgan fingerprint density at radius 3 is 2.08 bits per heavy atom. The van der Waals surface area contributed by atoms with Crippen LogP contribution in [0.15, 0.2) is 48.5 Å². The number of rotatable bonds is 7. The molecule has 3 nitrogen and oxygen atoms in total. The molecule has 0 bridgehead atoms. The molecule has 0 saturated heterocycles. The first kappa shape index (κ1) is 19.0. The zero-order valence-electron chi connectivity index (χ0n) is 13.6. The number of anilines is 1. The molecule has 1 N–H and O–H groups in total. The summed E-state index contributed by atoms with van der Waals surface area (Å²) in [5.74, 6) is 1.53. The van der Waals surface area contributed by atoms with Crippen LogP contribution in [0.5, 0.6) is 11.5 Å². The van der Waals surface area contributed by atoms with Gasteiger partial charge in [0.1, 0.15) is 17.6 Å². The highest BCUT2D eigenvalue weighted by Gasteiger charge is 2.30. The standard InChI is InChI=1S/C18H20Cl3NO2/c1-3-23-16-8-4-14(5-9-16)12-22-15-6-10-17(11-7-15)24-13(2)18(19,20)21/h4-11,13,22H,3,12H2,1-2H3. The second-order valence-corrected chi connectivity index (χ2v) is 7.63. The summed E-state index contributed by atoms with van der Waals surface area (Å²) in [6.07, 6.45) is -0.537. The van der Waals surface area contributed by atoms with E-state index in [-0.39, 0.29) is 0 Å². The topological polar surface area (TPSA) is 30.5 Å². The summed E-state index contributed by atoms with van der Waals surface area (Å²) in [5, 5.41) is 3.35. The molecule has 0 radical (unpaired) electrons. The molecule has 0 aliphatic heterocycles. The molecule has 0 aromatic heterocycles. The molecule has 0 saturated carbocycles. The van der Waals surface area contributed by atoms with Gasteiger partial charge in [0, 0.05) is 12.2 Å². The largest absolute Gasteiger partial charge is 0.494 e. The van der Waals surface area contributed by atoms with E-state index < -0.39 is 9.90 Å². The van der Waals surface area contributed by atoms with Gasteiger partial charge in [-0.15, -0.1) is 0 Å². The first-order valence-corrected chi connectivity index (χ1v) is 8.81. The molecule has 130 valence electrons. The van der Waals surface area contributed by atoms with Gasteiger partial charge in [0.05, 0.1) is 6.61 Å². The first-order valence-electron chi connectivity index (χ1n) is 7.67. The van der Waals surface area contributed by atoms with Gasteiger partial charge in [0.25, 0.3) is 0 Å². The zero-order valence-corrected chi connectivity index (χ0v) is 15.8. The van der Waals surface area contributed by atoms with E-state index in [9.17, 15) is 0 Å².